The molecular weight excluding hydrogens is 230 g/mol. The van der Waals surface area contributed by atoms with Gasteiger partial charge < -0.3 is 15.7 Å². The molecule has 1 rings (SSSR count). The molecule has 1 aromatic rings. The summed E-state index contributed by atoms with van der Waals surface area (Å²) in [6.45, 7) is 3.68. The Morgan fingerprint density at radius 3 is 2.72 bits per heavy atom. The fourth-order valence-electron chi connectivity index (χ4n) is 1.68. The van der Waals surface area contributed by atoms with E-state index in [0.29, 0.717) is 6.42 Å². The van der Waals surface area contributed by atoms with E-state index >= 15 is 0 Å². The zero-order chi connectivity index (χ0) is 13.9. The van der Waals surface area contributed by atoms with E-state index in [0.717, 1.165) is 11.3 Å². The molecule has 0 heterocycles. The molecule has 0 amide bonds. The first-order valence-corrected chi connectivity index (χ1v) is 5.61. The topological polar surface area (TPSA) is 90.3 Å². The zero-order valence-electron chi connectivity index (χ0n) is 10.8. The Morgan fingerprint density at radius 2 is 2.22 bits per heavy atom. The van der Waals surface area contributed by atoms with Crippen LogP contribution in [-0.2, 0) is 0 Å². The average Bonchev–Trinajstić information content (AvgIpc) is 2.31. The Kier molecular flexibility index (Phi) is 4.16. The van der Waals surface area contributed by atoms with Crippen LogP contribution < -0.4 is 10.6 Å². The molecule has 5 nitrogen and oxygen atoms in total. The molecule has 0 bridgehead atoms. The summed E-state index contributed by atoms with van der Waals surface area (Å²) in [4.78, 5) is 13.0. The average molecular weight is 247 g/mol. The van der Waals surface area contributed by atoms with Gasteiger partial charge in [-0.25, -0.2) is 4.79 Å². The van der Waals surface area contributed by atoms with Crippen LogP contribution in [0.3, 0.4) is 0 Å². The Hall–Kier alpha value is -2.22. The molecule has 5 heteroatoms. The molecule has 0 aliphatic rings. The highest BCUT2D eigenvalue weighted by atomic mass is 16.4. The number of aromatic carboxylic acids is 1. The molecule has 0 saturated heterocycles. The third kappa shape index (κ3) is 2.72. The number of nitriles is 1. The van der Waals surface area contributed by atoms with Crippen LogP contribution in [0.15, 0.2) is 12.1 Å². The fourth-order valence-corrected chi connectivity index (χ4v) is 1.68. The molecule has 96 valence electrons. The summed E-state index contributed by atoms with van der Waals surface area (Å²) in [7, 11) is 1.83. The van der Waals surface area contributed by atoms with Crippen molar-refractivity contribution in [1.29, 1.82) is 5.26 Å². The van der Waals surface area contributed by atoms with Gasteiger partial charge >= 0.3 is 5.97 Å². The van der Waals surface area contributed by atoms with Crippen molar-refractivity contribution in [2.45, 2.75) is 26.3 Å². The van der Waals surface area contributed by atoms with E-state index in [2.05, 4.69) is 6.07 Å². The Balaban J connectivity index is 3.19. The maximum Gasteiger partial charge on any atom is 0.337 e. The first-order valence-electron chi connectivity index (χ1n) is 5.61. The van der Waals surface area contributed by atoms with Crippen molar-refractivity contribution < 1.29 is 9.90 Å². The number of carbonyl (C=O) groups is 1. The third-order valence-corrected chi connectivity index (χ3v) is 3.06. The van der Waals surface area contributed by atoms with Crippen molar-refractivity contribution in [3.05, 3.63) is 23.3 Å². The Labute approximate surface area is 106 Å². The van der Waals surface area contributed by atoms with Gasteiger partial charge in [-0.1, -0.05) is 0 Å². The predicted molar refractivity (Wildman–Crippen MR) is 70.6 cm³/mol. The molecule has 1 unspecified atom stereocenters. The zero-order valence-corrected chi connectivity index (χ0v) is 10.8. The first kappa shape index (κ1) is 13.8. The number of carboxylic acid groups (broad SMARTS) is 1. The summed E-state index contributed by atoms with van der Waals surface area (Å²) in [5.74, 6) is -1.04. The van der Waals surface area contributed by atoms with E-state index in [1.807, 2.05) is 24.9 Å². The SMILES string of the molecule is Cc1cc(N(C)C(C)CC#N)cc(C(=O)O)c1N. The van der Waals surface area contributed by atoms with Crippen molar-refractivity contribution in [1.82, 2.24) is 0 Å². The minimum absolute atomic E-state index is 0.0136. The van der Waals surface area contributed by atoms with E-state index in [-0.39, 0.29) is 17.3 Å². The lowest BCUT2D eigenvalue weighted by atomic mass is 10.1. The molecule has 0 aliphatic carbocycles. The lowest BCUT2D eigenvalue weighted by molar-refractivity contribution is 0.0698. The number of nitrogens with zero attached hydrogens (tertiary/aromatic N) is 2. The Bertz CT molecular complexity index is 506. The normalized spacial score (nSPS) is 11.7. The van der Waals surface area contributed by atoms with Gasteiger partial charge in [-0.2, -0.15) is 5.26 Å². The minimum Gasteiger partial charge on any atom is -0.478 e. The number of nitrogen functional groups attached to an aromatic ring is 1. The lowest BCUT2D eigenvalue weighted by Gasteiger charge is -2.26. The van der Waals surface area contributed by atoms with Crippen LogP contribution in [0.1, 0.15) is 29.3 Å². The van der Waals surface area contributed by atoms with Crippen LogP contribution in [0.2, 0.25) is 0 Å². The summed E-state index contributed by atoms with van der Waals surface area (Å²) in [5.41, 5.74) is 7.59. The largest absolute Gasteiger partial charge is 0.478 e. The van der Waals surface area contributed by atoms with Gasteiger partial charge in [0.25, 0.3) is 0 Å². The van der Waals surface area contributed by atoms with Gasteiger partial charge in [0.05, 0.1) is 18.1 Å². The monoisotopic (exact) mass is 247 g/mol. The number of benzene rings is 1. The van der Waals surface area contributed by atoms with E-state index in [1.165, 1.54) is 0 Å². The van der Waals surface area contributed by atoms with Crippen LogP contribution in [0.5, 0.6) is 0 Å². The summed E-state index contributed by atoms with van der Waals surface area (Å²) in [6, 6.07) is 5.48. The fraction of sp³-hybridized carbons (Fsp3) is 0.385. The Morgan fingerprint density at radius 1 is 1.61 bits per heavy atom. The molecule has 0 aliphatic heterocycles. The van der Waals surface area contributed by atoms with Crippen molar-refractivity contribution in [3.8, 4) is 6.07 Å². The molecular formula is C13H17N3O2. The molecule has 0 fully saturated rings. The molecule has 0 radical (unpaired) electrons. The second kappa shape index (κ2) is 5.41. The van der Waals surface area contributed by atoms with Crippen LogP contribution in [0, 0.1) is 18.3 Å². The number of hydrogen-bond acceptors (Lipinski definition) is 4. The summed E-state index contributed by atoms with van der Waals surface area (Å²) in [5, 5.41) is 17.8. The van der Waals surface area contributed by atoms with E-state index in [4.69, 9.17) is 16.1 Å². The molecule has 0 spiro atoms. The molecule has 1 aromatic carbocycles. The number of anilines is 2. The highest BCUT2D eigenvalue weighted by molar-refractivity contribution is 5.95. The minimum atomic E-state index is -1.04. The summed E-state index contributed by atoms with van der Waals surface area (Å²) < 4.78 is 0. The summed E-state index contributed by atoms with van der Waals surface area (Å²) in [6.07, 6.45) is 0.377. The second-order valence-corrected chi connectivity index (χ2v) is 4.35. The molecule has 3 N–H and O–H groups in total. The van der Waals surface area contributed by atoms with Crippen LogP contribution in [0.25, 0.3) is 0 Å². The predicted octanol–water partition coefficient (Wildman–Crippen LogP) is 2.01. The van der Waals surface area contributed by atoms with Gasteiger partial charge in [0.15, 0.2) is 0 Å². The van der Waals surface area contributed by atoms with Gasteiger partial charge in [0, 0.05) is 24.5 Å². The van der Waals surface area contributed by atoms with Crippen LogP contribution in [0.4, 0.5) is 11.4 Å². The van der Waals surface area contributed by atoms with Gasteiger partial charge in [0.1, 0.15) is 0 Å². The smallest absolute Gasteiger partial charge is 0.337 e. The molecule has 1 atom stereocenters. The van der Waals surface area contributed by atoms with Gasteiger partial charge in [-0.15, -0.1) is 0 Å². The second-order valence-electron chi connectivity index (χ2n) is 4.35. The highest BCUT2D eigenvalue weighted by Crippen LogP contribution is 2.26. The molecule has 18 heavy (non-hydrogen) atoms. The standard InChI is InChI=1S/C13H17N3O2/c1-8-6-10(16(3)9(2)4-5-14)7-11(12(8)15)13(17)18/h6-7,9H,4,15H2,1-3H3,(H,17,18). The first-order chi connectivity index (χ1) is 8.38. The van der Waals surface area contributed by atoms with Crippen LogP contribution >= 0.6 is 0 Å². The van der Waals surface area contributed by atoms with Crippen molar-refractivity contribution in [3.63, 3.8) is 0 Å². The number of aryl methyl sites for hydroxylation is 1. The molecule has 0 saturated carbocycles. The van der Waals surface area contributed by atoms with Gasteiger partial charge in [0.2, 0.25) is 0 Å². The number of rotatable bonds is 4. The van der Waals surface area contributed by atoms with Crippen molar-refractivity contribution >= 4 is 17.3 Å². The van der Waals surface area contributed by atoms with E-state index in [1.54, 1.807) is 13.0 Å². The van der Waals surface area contributed by atoms with Gasteiger partial charge in [-0.05, 0) is 31.5 Å². The summed E-state index contributed by atoms with van der Waals surface area (Å²) >= 11 is 0. The number of hydrogen-bond donors (Lipinski definition) is 2. The van der Waals surface area contributed by atoms with Crippen molar-refractivity contribution in [2.75, 3.05) is 17.7 Å². The van der Waals surface area contributed by atoms with E-state index < -0.39 is 5.97 Å². The third-order valence-electron chi connectivity index (χ3n) is 3.06. The molecule has 0 aromatic heterocycles. The van der Waals surface area contributed by atoms with Crippen molar-refractivity contribution in [2.24, 2.45) is 0 Å². The van der Waals surface area contributed by atoms with E-state index in [9.17, 15) is 4.79 Å². The van der Waals surface area contributed by atoms with Crippen LogP contribution in [-0.4, -0.2) is 24.2 Å². The number of carboxylic acids is 1. The maximum absolute atomic E-state index is 11.1. The quantitative estimate of drug-likeness (QED) is 0.794. The number of nitrogens with two attached hydrogens (primary N) is 1. The maximum atomic E-state index is 11.1. The van der Waals surface area contributed by atoms with Gasteiger partial charge in [-0.3, -0.25) is 0 Å². The highest BCUT2D eigenvalue weighted by Gasteiger charge is 2.16. The lowest BCUT2D eigenvalue weighted by Crippen LogP contribution is -2.28.